The maximum atomic E-state index is 12.1. The van der Waals surface area contributed by atoms with Gasteiger partial charge in [0, 0.05) is 6.04 Å². The first-order chi connectivity index (χ1) is 6.74. The van der Waals surface area contributed by atoms with Gasteiger partial charge in [0.1, 0.15) is 0 Å². The smallest absolute Gasteiger partial charge is 0.204 e. The maximum absolute atomic E-state index is 12.1. The minimum Gasteiger partial charge on any atom is -0.204 e. The highest BCUT2D eigenvalue weighted by Crippen LogP contribution is 2.28. The third-order valence-electron chi connectivity index (χ3n) is 2.72. The lowest BCUT2D eigenvalue weighted by Gasteiger charge is -2.29. The summed E-state index contributed by atoms with van der Waals surface area (Å²) in [5, 5.41) is 0. The number of nitrogens with one attached hydrogen (secondary N) is 1. The van der Waals surface area contributed by atoms with Crippen molar-refractivity contribution in [1.82, 2.24) is 4.72 Å². The average molecular weight is 245 g/mol. The zero-order valence-electron chi connectivity index (χ0n) is 8.34. The van der Waals surface area contributed by atoms with Crippen molar-refractivity contribution in [2.24, 2.45) is 5.92 Å². The fraction of sp³-hybridized carbons (Fsp3) is 1.00. The summed E-state index contributed by atoms with van der Waals surface area (Å²) in [6.07, 6.45) is 2.97. The van der Waals surface area contributed by atoms with Crippen molar-refractivity contribution in [2.45, 2.75) is 44.2 Å². The molecule has 3 nitrogen and oxygen atoms in total. The standard InChI is InChI=1S/C8H14F3NO2S/c1-6-4-2-3-5-7(6)12-15(13,14)8(9,10)11/h6-7,12H,2-5H2,1H3/t6-,7+/m1/s1. The van der Waals surface area contributed by atoms with Gasteiger partial charge in [-0.3, -0.25) is 0 Å². The van der Waals surface area contributed by atoms with E-state index in [0.29, 0.717) is 6.42 Å². The zero-order chi connectivity index (χ0) is 11.7. The Morgan fingerprint density at radius 2 is 1.73 bits per heavy atom. The van der Waals surface area contributed by atoms with E-state index in [1.54, 1.807) is 11.6 Å². The molecule has 1 saturated carbocycles. The number of halogens is 3. The number of hydrogen-bond donors (Lipinski definition) is 1. The van der Waals surface area contributed by atoms with E-state index < -0.39 is 21.6 Å². The Labute approximate surface area is 87.1 Å². The van der Waals surface area contributed by atoms with Gasteiger partial charge in [-0.15, -0.1) is 0 Å². The largest absolute Gasteiger partial charge is 0.511 e. The molecule has 1 fully saturated rings. The monoisotopic (exact) mass is 245 g/mol. The summed E-state index contributed by atoms with van der Waals surface area (Å²) in [7, 11) is -5.18. The molecule has 0 aromatic heterocycles. The van der Waals surface area contributed by atoms with Gasteiger partial charge in [-0.25, -0.2) is 13.1 Å². The molecule has 0 heterocycles. The lowest BCUT2D eigenvalue weighted by molar-refractivity contribution is -0.0453. The highest BCUT2D eigenvalue weighted by Gasteiger charge is 2.47. The highest BCUT2D eigenvalue weighted by atomic mass is 32.2. The molecule has 1 aliphatic carbocycles. The van der Waals surface area contributed by atoms with Crippen LogP contribution in [0, 0.1) is 5.92 Å². The molecule has 0 spiro atoms. The SMILES string of the molecule is C[C@@H]1CCCC[C@@H]1NS(=O)(=O)C(F)(F)F. The van der Waals surface area contributed by atoms with Crippen LogP contribution in [0.5, 0.6) is 0 Å². The maximum Gasteiger partial charge on any atom is 0.511 e. The van der Waals surface area contributed by atoms with E-state index in [1.807, 2.05) is 0 Å². The summed E-state index contributed by atoms with van der Waals surface area (Å²) in [5.41, 5.74) is -5.20. The van der Waals surface area contributed by atoms with Crippen LogP contribution < -0.4 is 4.72 Å². The third kappa shape index (κ3) is 3.07. The summed E-state index contributed by atoms with van der Waals surface area (Å²) < 4.78 is 59.6. The van der Waals surface area contributed by atoms with Crippen LogP contribution in [0.2, 0.25) is 0 Å². The average Bonchev–Trinajstić information content (AvgIpc) is 2.06. The van der Waals surface area contributed by atoms with Gasteiger partial charge in [-0.05, 0) is 18.8 Å². The summed E-state index contributed by atoms with van der Waals surface area (Å²) >= 11 is 0. The molecule has 0 bridgehead atoms. The van der Waals surface area contributed by atoms with E-state index in [2.05, 4.69) is 0 Å². The molecule has 15 heavy (non-hydrogen) atoms. The van der Waals surface area contributed by atoms with E-state index in [1.165, 1.54) is 0 Å². The molecule has 0 saturated heterocycles. The molecule has 1 rings (SSSR count). The van der Waals surface area contributed by atoms with Crippen LogP contribution in [0.3, 0.4) is 0 Å². The van der Waals surface area contributed by atoms with E-state index in [-0.39, 0.29) is 5.92 Å². The van der Waals surface area contributed by atoms with Crippen LogP contribution in [0.1, 0.15) is 32.6 Å². The second-order valence-electron chi connectivity index (χ2n) is 3.94. The van der Waals surface area contributed by atoms with Crippen molar-refractivity contribution in [2.75, 3.05) is 0 Å². The Kier molecular flexibility index (Phi) is 3.65. The minimum atomic E-state index is -5.20. The van der Waals surface area contributed by atoms with Crippen LogP contribution in [0.15, 0.2) is 0 Å². The fourth-order valence-electron chi connectivity index (χ4n) is 1.76. The van der Waals surface area contributed by atoms with Gasteiger partial charge < -0.3 is 0 Å². The zero-order valence-corrected chi connectivity index (χ0v) is 9.16. The first kappa shape index (κ1) is 12.8. The highest BCUT2D eigenvalue weighted by molar-refractivity contribution is 7.90. The number of sulfonamides is 1. The van der Waals surface area contributed by atoms with Crippen LogP contribution in [-0.2, 0) is 10.0 Å². The molecule has 90 valence electrons. The molecule has 7 heteroatoms. The Bertz CT molecular complexity index is 312. The minimum absolute atomic E-state index is 0.0316. The third-order valence-corrected chi connectivity index (χ3v) is 3.95. The van der Waals surface area contributed by atoms with Gasteiger partial charge in [-0.2, -0.15) is 13.2 Å². The summed E-state index contributed by atoms with van der Waals surface area (Å²) in [6, 6.07) is -0.578. The van der Waals surface area contributed by atoms with Gasteiger partial charge in [0.25, 0.3) is 0 Å². The Morgan fingerprint density at radius 3 is 2.20 bits per heavy atom. The molecule has 0 amide bonds. The second kappa shape index (κ2) is 4.29. The molecular weight excluding hydrogens is 231 g/mol. The molecule has 0 radical (unpaired) electrons. The Morgan fingerprint density at radius 1 is 1.20 bits per heavy atom. The van der Waals surface area contributed by atoms with Gasteiger partial charge in [-0.1, -0.05) is 19.8 Å². The lowest BCUT2D eigenvalue weighted by atomic mass is 9.87. The van der Waals surface area contributed by atoms with E-state index in [0.717, 1.165) is 19.3 Å². The van der Waals surface area contributed by atoms with Crippen molar-refractivity contribution in [1.29, 1.82) is 0 Å². The van der Waals surface area contributed by atoms with Crippen LogP contribution >= 0.6 is 0 Å². The van der Waals surface area contributed by atoms with Gasteiger partial charge >= 0.3 is 15.5 Å². The predicted octanol–water partition coefficient (Wildman–Crippen LogP) is 2.00. The second-order valence-corrected chi connectivity index (χ2v) is 5.64. The normalized spacial score (nSPS) is 29.1. The summed E-state index contributed by atoms with van der Waals surface area (Å²) in [4.78, 5) is 0. The van der Waals surface area contributed by atoms with Crippen LogP contribution in [0.4, 0.5) is 13.2 Å². The van der Waals surface area contributed by atoms with Crippen LogP contribution in [-0.4, -0.2) is 20.0 Å². The summed E-state index contributed by atoms with van der Waals surface area (Å²) in [5.74, 6) is -0.0316. The molecule has 2 atom stereocenters. The number of hydrogen-bond acceptors (Lipinski definition) is 2. The number of alkyl halides is 3. The molecular formula is C8H14F3NO2S. The molecule has 0 aromatic carbocycles. The number of rotatable bonds is 2. The summed E-state index contributed by atoms with van der Waals surface area (Å²) in [6.45, 7) is 1.77. The van der Waals surface area contributed by atoms with Crippen molar-refractivity contribution in [3.8, 4) is 0 Å². The van der Waals surface area contributed by atoms with Crippen molar-refractivity contribution >= 4 is 10.0 Å². The first-order valence-electron chi connectivity index (χ1n) is 4.82. The van der Waals surface area contributed by atoms with E-state index in [4.69, 9.17) is 0 Å². The van der Waals surface area contributed by atoms with Crippen molar-refractivity contribution in [3.63, 3.8) is 0 Å². The fourth-order valence-corrected chi connectivity index (χ4v) is 2.64. The lowest BCUT2D eigenvalue weighted by Crippen LogP contribution is -2.46. The topological polar surface area (TPSA) is 46.2 Å². The Hall–Kier alpha value is -0.300. The quantitative estimate of drug-likeness (QED) is 0.808. The molecule has 1 aliphatic rings. The van der Waals surface area contributed by atoms with E-state index in [9.17, 15) is 21.6 Å². The Balaban J connectivity index is 2.69. The predicted molar refractivity (Wildman–Crippen MR) is 49.5 cm³/mol. The molecule has 0 aromatic rings. The molecule has 0 unspecified atom stereocenters. The van der Waals surface area contributed by atoms with Crippen molar-refractivity contribution in [3.05, 3.63) is 0 Å². The first-order valence-corrected chi connectivity index (χ1v) is 6.31. The van der Waals surface area contributed by atoms with Crippen molar-refractivity contribution < 1.29 is 21.6 Å². The van der Waals surface area contributed by atoms with Crippen LogP contribution in [0.25, 0.3) is 0 Å². The van der Waals surface area contributed by atoms with Gasteiger partial charge in [0.15, 0.2) is 0 Å². The van der Waals surface area contributed by atoms with E-state index >= 15 is 0 Å². The van der Waals surface area contributed by atoms with Gasteiger partial charge in [0.05, 0.1) is 0 Å². The molecule has 1 N–H and O–H groups in total. The molecule has 0 aliphatic heterocycles. The van der Waals surface area contributed by atoms with Gasteiger partial charge in [0.2, 0.25) is 0 Å².